The van der Waals surface area contributed by atoms with Gasteiger partial charge >= 0.3 is 0 Å². The van der Waals surface area contributed by atoms with Gasteiger partial charge in [0.25, 0.3) is 0 Å². The number of nitrogens with zero attached hydrogens (tertiary/aromatic N) is 3. The van der Waals surface area contributed by atoms with Gasteiger partial charge < -0.3 is 4.90 Å². The summed E-state index contributed by atoms with van der Waals surface area (Å²) >= 11 is 0. The second-order valence-corrected chi connectivity index (χ2v) is 8.22. The highest BCUT2D eigenvalue weighted by atomic mass is 32.2. The zero-order valence-corrected chi connectivity index (χ0v) is 13.7. The zero-order valence-electron chi connectivity index (χ0n) is 12.9. The molecule has 2 aliphatic heterocycles. The number of piperazine rings is 1. The predicted octanol–water partition coefficient (Wildman–Crippen LogP) is 0.369. The molecule has 0 aromatic heterocycles. The third kappa shape index (κ3) is 2.64. The van der Waals surface area contributed by atoms with Crippen molar-refractivity contribution in [3.8, 4) is 0 Å². The summed E-state index contributed by atoms with van der Waals surface area (Å²) in [6.45, 7) is 1.80. The fourth-order valence-corrected chi connectivity index (χ4v) is 4.24. The molecule has 1 spiro atoms. The third-order valence-electron chi connectivity index (χ3n) is 4.77. The number of anilines is 1. The van der Waals surface area contributed by atoms with Crippen LogP contribution in [0.4, 0.5) is 5.69 Å². The van der Waals surface area contributed by atoms with Crippen LogP contribution in [0.25, 0.3) is 0 Å². The maximum Gasteiger partial charge on any atom is 0.241 e. The molecule has 7 heteroatoms. The largest absolute Gasteiger partial charge is 0.309 e. The van der Waals surface area contributed by atoms with Crippen molar-refractivity contribution in [2.75, 3.05) is 44.4 Å². The molecule has 6 nitrogen and oxygen atoms in total. The molecule has 0 radical (unpaired) electrons. The van der Waals surface area contributed by atoms with Gasteiger partial charge in [0.1, 0.15) is 0 Å². The topological polar surface area (TPSA) is 60.9 Å². The van der Waals surface area contributed by atoms with E-state index in [0.717, 1.165) is 12.1 Å². The lowest BCUT2D eigenvalue weighted by Gasteiger charge is -2.46. The second kappa shape index (κ2) is 5.33. The normalized spacial score (nSPS) is 27.7. The molecule has 3 rings (SSSR count). The van der Waals surface area contributed by atoms with Crippen molar-refractivity contribution >= 4 is 21.6 Å². The van der Waals surface area contributed by atoms with Crippen molar-refractivity contribution in [1.82, 2.24) is 9.21 Å². The quantitative estimate of drug-likeness (QED) is 0.789. The Hall–Kier alpha value is -1.44. The molecular formula is C15H21N3O3S. The van der Waals surface area contributed by atoms with Gasteiger partial charge in [-0.15, -0.1) is 0 Å². The Labute approximate surface area is 131 Å². The van der Waals surface area contributed by atoms with Gasteiger partial charge in [0.15, 0.2) is 0 Å². The summed E-state index contributed by atoms with van der Waals surface area (Å²) in [7, 11) is -1.29. The first kappa shape index (κ1) is 15.5. The molecule has 2 aliphatic rings. The molecule has 1 amide bonds. The lowest BCUT2D eigenvalue weighted by Crippen LogP contribution is -2.64. The van der Waals surface area contributed by atoms with Crippen LogP contribution in [0, 0.1) is 0 Å². The molecule has 0 saturated carbocycles. The van der Waals surface area contributed by atoms with Crippen molar-refractivity contribution in [3.63, 3.8) is 0 Å². The first-order valence-corrected chi connectivity index (χ1v) is 9.18. The smallest absolute Gasteiger partial charge is 0.241 e. The fraction of sp³-hybridized carbons (Fsp3) is 0.533. The Morgan fingerprint density at radius 2 is 1.82 bits per heavy atom. The molecule has 120 valence electrons. The van der Waals surface area contributed by atoms with E-state index >= 15 is 0 Å². The Morgan fingerprint density at radius 1 is 1.14 bits per heavy atom. The number of benzene rings is 1. The maximum atomic E-state index is 12.4. The Balaban J connectivity index is 1.88. The number of hydrogen-bond acceptors (Lipinski definition) is 4. The molecule has 2 fully saturated rings. The number of carbonyl (C=O) groups excluding carboxylic acids is 1. The summed E-state index contributed by atoms with van der Waals surface area (Å²) in [5.41, 5.74) is 0.574. The number of hydrogen-bond donors (Lipinski definition) is 0. The first-order valence-electron chi connectivity index (χ1n) is 7.34. The zero-order chi connectivity index (χ0) is 16.0. The lowest BCUT2D eigenvalue weighted by atomic mass is 9.92. The van der Waals surface area contributed by atoms with E-state index in [1.54, 1.807) is 4.90 Å². The highest BCUT2D eigenvalue weighted by molar-refractivity contribution is 7.88. The SMILES string of the molecule is CN1CC(=O)N(c2ccccc2)CC12CCN(S(C)(=O)=O)C2. The maximum absolute atomic E-state index is 12.4. The minimum Gasteiger partial charge on any atom is -0.309 e. The molecule has 0 aliphatic carbocycles. The summed E-state index contributed by atoms with van der Waals surface area (Å²) in [5, 5.41) is 0. The third-order valence-corrected chi connectivity index (χ3v) is 6.02. The van der Waals surface area contributed by atoms with Crippen LogP contribution in [0.2, 0.25) is 0 Å². The van der Waals surface area contributed by atoms with E-state index in [2.05, 4.69) is 0 Å². The molecule has 2 heterocycles. The van der Waals surface area contributed by atoms with Crippen molar-refractivity contribution in [3.05, 3.63) is 30.3 Å². The van der Waals surface area contributed by atoms with Crippen molar-refractivity contribution in [1.29, 1.82) is 0 Å². The molecular weight excluding hydrogens is 302 g/mol. The summed E-state index contributed by atoms with van der Waals surface area (Å²) in [5.74, 6) is 0.0529. The molecule has 0 bridgehead atoms. The van der Waals surface area contributed by atoms with E-state index in [0.29, 0.717) is 26.2 Å². The monoisotopic (exact) mass is 323 g/mol. The lowest BCUT2D eigenvalue weighted by molar-refractivity contribution is -0.123. The van der Waals surface area contributed by atoms with Crippen molar-refractivity contribution < 1.29 is 13.2 Å². The van der Waals surface area contributed by atoms with Gasteiger partial charge in [-0.05, 0) is 25.6 Å². The van der Waals surface area contributed by atoms with E-state index in [4.69, 9.17) is 0 Å². The minimum absolute atomic E-state index is 0.0529. The fourth-order valence-electron chi connectivity index (χ4n) is 3.35. The predicted molar refractivity (Wildman–Crippen MR) is 85.2 cm³/mol. The van der Waals surface area contributed by atoms with Gasteiger partial charge in [0.2, 0.25) is 15.9 Å². The average molecular weight is 323 g/mol. The van der Waals surface area contributed by atoms with Gasteiger partial charge in [-0.3, -0.25) is 9.69 Å². The van der Waals surface area contributed by atoms with Crippen LogP contribution in [-0.2, 0) is 14.8 Å². The summed E-state index contributed by atoms with van der Waals surface area (Å²) in [4.78, 5) is 16.2. The number of carbonyl (C=O) groups is 1. The first-order chi connectivity index (χ1) is 10.3. The summed E-state index contributed by atoms with van der Waals surface area (Å²) in [6.07, 6.45) is 1.99. The molecule has 1 aromatic carbocycles. The number of rotatable bonds is 2. The van der Waals surface area contributed by atoms with E-state index < -0.39 is 10.0 Å². The van der Waals surface area contributed by atoms with Crippen LogP contribution >= 0.6 is 0 Å². The van der Waals surface area contributed by atoms with Gasteiger partial charge in [-0.1, -0.05) is 18.2 Å². The summed E-state index contributed by atoms with van der Waals surface area (Å²) < 4.78 is 25.1. The van der Waals surface area contributed by atoms with Crippen LogP contribution in [0.15, 0.2) is 30.3 Å². The molecule has 22 heavy (non-hydrogen) atoms. The van der Waals surface area contributed by atoms with E-state index in [1.165, 1.54) is 10.6 Å². The highest BCUT2D eigenvalue weighted by Gasteiger charge is 2.49. The molecule has 0 N–H and O–H groups in total. The summed E-state index contributed by atoms with van der Waals surface area (Å²) in [6, 6.07) is 9.57. The van der Waals surface area contributed by atoms with Crippen LogP contribution in [-0.4, -0.2) is 68.6 Å². The van der Waals surface area contributed by atoms with Gasteiger partial charge in [0.05, 0.1) is 18.3 Å². The van der Waals surface area contributed by atoms with E-state index in [1.807, 2.05) is 42.3 Å². The average Bonchev–Trinajstić information content (AvgIpc) is 2.90. The molecule has 1 aromatic rings. The van der Waals surface area contributed by atoms with Crippen molar-refractivity contribution in [2.24, 2.45) is 0 Å². The second-order valence-electron chi connectivity index (χ2n) is 6.24. The Bertz CT molecular complexity index is 677. The van der Waals surface area contributed by atoms with Gasteiger partial charge in [-0.2, -0.15) is 0 Å². The van der Waals surface area contributed by atoms with Crippen molar-refractivity contribution in [2.45, 2.75) is 12.0 Å². The minimum atomic E-state index is -3.19. The van der Waals surface area contributed by atoms with Gasteiger partial charge in [-0.25, -0.2) is 12.7 Å². The van der Waals surface area contributed by atoms with Gasteiger partial charge in [0, 0.05) is 25.3 Å². The highest BCUT2D eigenvalue weighted by Crippen LogP contribution is 2.34. The molecule has 1 atom stereocenters. The Morgan fingerprint density at radius 3 is 2.41 bits per heavy atom. The standard InChI is InChI=1S/C15H21N3O3S/c1-16-10-14(19)18(13-6-4-3-5-7-13)12-15(16)8-9-17(11-15)22(2,20)21/h3-7H,8-12H2,1-2H3. The van der Waals surface area contributed by atoms with Crippen LogP contribution in [0.5, 0.6) is 0 Å². The Kier molecular flexibility index (Phi) is 3.74. The number of likely N-dealkylation sites (N-methyl/N-ethyl adjacent to an activating group) is 1. The van der Waals surface area contributed by atoms with Crippen LogP contribution in [0.3, 0.4) is 0 Å². The number of para-hydroxylation sites is 1. The molecule has 2 saturated heterocycles. The number of sulfonamides is 1. The van der Waals surface area contributed by atoms with Crippen LogP contribution in [0.1, 0.15) is 6.42 Å². The molecule has 1 unspecified atom stereocenters. The van der Waals surface area contributed by atoms with E-state index in [-0.39, 0.29) is 11.4 Å². The van der Waals surface area contributed by atoms with Crippen LogP contribution < -0.4 is 4.90 Å². The number of amides is 1. The van der Waals surface area contributed by atoms with E-state index in [9.17, 15) is 13.2 Å².